The molecule has 88 valence electrons. The van der Waals surface area contributed by atoms with Crippen LogP contribution in [0.4, 0.5) is 0 Å². The van der Waals surface area contributed by atoms with Gasteiger partial charge >= 0.3 is 5.97 Å². The molecule has 3 aromatic rings. The first-order valence-electron chi connectivity index (χ1n) is 5.53. The first kappa shape index (κ1) is 10.5. The van der Waals surface area contributed by atoms with E-state index in [4.69, 9.17) is 4.74 Å². The Kier molecular flexibility index (Phi) is 2.53. The van der Waals surface area contributed by atoms with E-state index in [0.29, 0.717) is 11.4 Å². The number of ether oxygens (including phenoxy) is 1. The van der Waals surface area contributed by atoms with Crippen LogP contribution in [0.3, 0.4) is 0 Å². The van der Waals surface area contributed by atoms with Crippen LogP contribution >= 0.6 is 0 Å². The molecular formula is C14H10N2O2. The third-order valence-corrected chi connectivity index (χ3v) is 2.65. The van der Waals surface area contributed by atoms with E-state index >= 15 is 0 Å². The largest absolute Gasteiger partial charge is 0.422 e. The lowest BCUT2D eigenvalue weighted by Gasteiger charge is -2.04. The number of aromatic amines is 1. The molecule has 0 unspecified atom stereocenters. The third kappa shape index (κ3) is 1.96. The maximum atomic E-state index is 11.7. The van der Waals surface area contributed by atoms with E-state index in [-0.39, 0.29) is 0 Å². The first-order valence-corrected chi connectivity index (χ1v) is 5.53. The highest BCUT2D eigenvalue weighted by Gasteiger charge is 2.09. The van der Waals surface area contributed by atoms with Crippen molar-refractivity contribution in [1.29, 1.82) is 0 Å². The number of nitrogens with one attached hydrogen (secondary N) is 1. The SMILES string of the molecule is O=C(Oc1ccc2ccccc2c1)c1ccn[nH]1. The highest BCUT2D eigenvalue weighted by molar-refractivity contribution is 5.90. The molecule has 4 heteroatoms. The van der Waals surface area contributed by atoms with Crippen molar-refractivity contribution >= 4 is 16.7 Å². The van der Waals surface area contributed by atoms with Gasteiger partial charge in [0.2, 0.25) is 0 Å². The molecule has 0 saturated carbocycles. The third-order valence-electron chi connectivity index (χ3n) is 2.65. The van der Waals surface area contributed by atoms with Crippen molar-refractivity contribution in [1.82, 2.24) is 10.2 Å². The van der Waals surface area contributed by atoms with E-state index in [1.165, 1.54) is 6.20 Å². The molecule has 0 saturated heterocycles. The topological polar surface area (TPSA) is 55.0 Å². The Hall–Kier alpha value is -2.62. The lowest BCUT2D eigenvalue weighted by molar-refractivity contribution is 0.0729. The number of benzene rings is 2. The summed E-state index contributed by atoms with van der Waals surface area (Å²) in [6.07, 6.45) is 1.51. The molecule has 0 aliphatic carbocycles. The average Bonchev–Trinajstić information content (AvgIpc) is 2.92. The van der Waals surface area contributed by atoms with Crippen LogP contribution in [-0.2, 0) is 0 Å². The van der Waals surface area contributed by atoms with Crippen LogP contribution in [0.15, 0.2) is 54.7 Å². The minimum absolute atomic E-state index is 0.336. The van der Waals surface area contributed by atoms with Crippen LogP contribution in [0.2, 0.25) is 0 Å². The standard InChI is InChI=1S/C14H10N2O2/c17-14(13-7-8-15-16-13)18-12-6-5-10-3-1-2-4-11(10)9-12/h1-9H,(H,15,16). The van der Waals surface area contributed by atoms with Crippen molar-refractivity contribution in [3.05, 3.63) is 60.4 Å². The summed E-state index contributed by atoms with van der Waals surface area (Å²) < 4.78 is 5.26. The van der Waals surface area contributed by atoms with E-state index in [2.05, 4.69) is 10.2 Å². The van der Waals surface area contributed by atoms with Crippen molar-refractivity contribution in [3.63, 3.8) is 0 Å². The molecule has 0 aliphatic rings. The molecule has 4 nitrogen and oxygen atoms in total. The summed E-state index contributed by atoms with van der Waals surface area (Å²) in [5.74, 6) is 0.0797. The Labute approximate surface area is 103 Å². The number of fused-ring (bicyclic) bond motifs is 1. The molecule has 0 spiro atoms. The maximum Gasteiger partial charge on any atom is 0.361 e. The minimum Gasteiger partial charge on any atom is -0.422 e. The van der Waals surface area contributed by atoms with Crippen LogP contribution in [0.25, 0.3) is 10.8 Å². The van der Waals surface area contributed by atoms with Gasteiger partial charge in [0.05, 0.1) is 0 Å². The number of esters is 1. The number of hydrogen-bond donors (Lipinski definition) is 1. The Morgan fingerprint density at radius 1 is 1.06 bits per heavy atom. The van der Waals surface area contributed by atoms with Gasteiger partial charge in [0.25, 0.3) is 0 Å². The van der Waals surface area contributed by atoms with E-state index in [1.807, 2.05) is 36.4 Å². The number of nitrogens with zero attached hydrogens (tertiary/aromatic N) is 1. The van der Waals surface area contributed by atoms with Gasteiger partial charge < -0.3 is 4.74 Å². The number of aromatic nitrogens is 2. The minimum atomic E-state index is -0.442. The second-order valence-corrected chi connectivity index (χ2v) is 3.87. The Morgan fingerprint density at radius 2 is 1.89 bits per heavy atom. The Bertz CT molecular complexity index is 690. The van der Waals surface area contributed by atoms with Gasteiger partial charge in [-0.3, -0.25) is 5.10 Å². The molecule has 0 aliphatic heterocycles. The lowest BCUT2D eigenvalue weighted by atomic mass is 10.1. The van der Waals surface area contributed by atoms with Gasteiger partial charge in [0.15, 0.2) is 0 Å². The fraction of sp³-hybridized carbons (Fsp3) is 0. The predicted molar refractivity (Wildman–Crippen MR) is 67.5 cm³/mol. The molecule has 1 heterocycles. The predicted octanol–water partition coefficient (Wildman–Crippen LogP) is 2.78. The smallest absolute Gasteiger partial charge is 0.361 e. The summed E-state index contributed by atoms with van der Waals surface area (Å²) in [4.78, 5) is 11.7. The number of H-pyrrole nitrogens is 1. The monoisotopic (exact) mass is 238 g/mol. The molecule has 3 rings (SSSR count). The second kappa shape index (κ2) is 4.33. The maximum absolute atomic E-state index is 11.7. The number of hydrogen-bond acceptors (Lipinski definition) is 3. The molecule has 0 radical (unpaired) electrons. The summed E-state index contributed by atoms with van der Waals surface area (Å²) in [6.45, 7) is 0. The van der Waals surface area contributed by atoms with Gasteiger partial charge in [-0.05, 0) is 29.0 Å². The number of carbonyl (C=O) groups excluding carboxylic acids is 1. The molecule has 1 N–H and O–H groups in total. The zero-order valence-electron chi connectivity index (χ0n) is 9.46. The van der Waals surface area contributed by atoms with E-state index in [0.717, 1.165) is 10.8 Å². The Balaban J connectivity index is 1.89. The number of rotatable bonds is 2. The fourth-order valence-electron chi connectivity index (χ4n) is 1.76. The van der Waals surface area contributed by atoms with Crippen molar-refractivity contribution < 1.29 is 9.53 Å². The van der Waals surface area contributed by atoms with Crippen LogP contribution < -0.4 is 4.74 Å². The first-order chi connectivity index (χ1) is 8.83. The molecule has 0 fully saturated rings. The van der Waals surface area contributed by atoms with Crippen molar-refractivity contribution in [2.24, 2.45) is 0 Å². The second-order valence-electron chi connectivity index (χ2n) is 3.87. The molecule has 0 atom stereocenters. The summed E-state index contributed by atoms with van der Waals surface area (Å²) in [7, 11) is 0. The van der Waals surface area contributed by atoms with E-state index in [1.54, 1.807) is 12.1 Å². The van der Waals surface area contributed by atoms with Crippen LogP contribution in [-0.4, -0.2) is 16.2 Å². The zero-order chi connectivity index (χ0) is 12.4. The molecular weight excluding hydrogens is 228 g/mol. The molecule has 18 heavy (non-hydrogen) atoms. The van der Waals surface area contributed by atoms with Gasteiger partial charge in [0.1, 0.15) is 11.4 Å². The van der Waals surface area contributed by atoms with E-state index in [9.17, 15) is 4.79 Å². The van der Waals surface area contributed by atoms with Crippen LogP contribution in [0.5, 0.6) is 5.75 Å². The summed E-state index contributed by atoms with van der Waals surface area (Å²) in [5, 5.41) is 8.42. The highest BCUT2D eigenvalue weighted by Crippen LogP contribution is 2.21. The van der Waals surface area contributed by atoms with Gasteiger partial charge in [-0.25, -0.2) is 4.79 Å². The van der Waals surface area contributed by atoms with Crippen molar-refractivity contribution in [3.8, 4) is 5.75 Å². The summed E-state index contributed by atoms with van der Waals surface area (Å²) >= 11 is 0. The van der Waals surface area contributed by atoms with Gasteiger partial charge in [-0.15, -0.1) is 0 Å². The molecule has 1 aromatic heterocycles. The summed E-state index contributed by atoms with van der Waals surface area (Å²) in [6, 6.07) is 15.0. The quantitative estimate of drug-likeness (QED) is 0.551. The van der Waals surface area contributed by atoms with E-state index < -0.39 is 5.97 Å². The Morgan fingerprint density at radius 3 is 2.67 bits per heavy atom. The zero-order valence-corrected chi connectivity index (χ0v) is 9.46. The number of carbonyl (C=O) groups is 1. The highest BCUT2D eigenvalue weighted by atomic mass is 16.5. The van der Waals surface area contributed by atoms with Crippen LogP contribution in [0, 0.1) is 0 Å². The molecule has 0 amide bonds. The molecule has 2 aromatic carbocycles. The average molecular weight is 238 g/mol. The fourth-order valence-corrected chi connectivity index (χ4v) is 1.76. The van der Waals surface area contributed by atoms with Crippen molar-refractivity contribution in [2.75, 3.05) is 0 Å². The van der Waals surface area contributed by atoms with Gasteiger partial charge in [0, 0.05) is 6.20 Å². The van der Waals surface area contributed by atoms with Gasteiger partial charge in [-0.2, -0.15) is 5.10 Å². The summed E-state index contributed by atoms with van der Waals surface area (Å²) in [5.41, 5.74) is 0.336. The van der Waals surface area contributed by atoms with Crippen molar-refractivity contribution in [2.45, 2.75) is 0 Å². The normalized spacial score (nSPS) is 10.4. The lowest BCUT2D eigenvalue weighted by Crippen LogP contribution is -2.08. The van der Waals surface area contributed by atoms with Gasteiger partial charge in [-0.1, -0.05) is 30.3 Å². The molecule has 0 bridgehead atoms. The van der Waals surface area contributed by atoms with Crippen LogP contribution in [0.1, 0.15) is 10.5 Å².